The van der Waals surface area contributed by atoms with Crippen LogP contribution in [0.15, 0.2) is 188 Å². The van der Waals surface area contributed by atoms with Gasteiger partial charge in [0.1, 0.15) is 0 Å². The van der Waals surface area contributed by atoms with Crippen LogP contribution in [-0.2, 0) is 0 Å². The molecule has 7 aromatic carbocycles. The van der Waals surface area contributed by atoms with E-state index in [1.807, 2.05) is 85.1 Å². The van der Waals surface area contributed by atoms with E-state index in [0.29, 0.717) is 11.6 Å². The van der Waals surface area contributed by atoms with Gasteiger partial charge in [0.05, 0.1) is 28.3 Å². The van der Waals surface area contributed by atoms with Crippen LogP contribution < -0.4 is 0 Å². The monoisotopic (exact) mass is 689 g/mol. The highest BCUT2D eigenvalue weighted by molar-refractivity contribution is 6.27. The van der Waals surface area contributed by atoms with Crippen molar-refractivity contribution < 1.29 is 0 Å². The van der Waals surface area contributed by atoms with Gasteiger partial charge in [-0.25, -0.2) is 19.9 Å². The molecule has 10 rings (SSSR count). The van der Waals surface area contributed by atoms with Crippen molar-refractivity contribution in [3.8, 4) is 67.8 Å². The van der Waals surface area contributed by atoms with Crippen molar-refractivity contribution in [3.63, 3.8) is 0 Å². The van der Waals surface area contributed by atoms with Crippen LogP contribution in [0.25, 0.3) is 100 Å². The zero-order valence-corrected chi connectivity index (χ0v) is 29.1. The molecule has 0 spiro atoms. The second-order valence-corrected chi connectivity index (χ2v) is 13.2. The summed E-state index contributed by atoms with van der Waals surface area (Å²) < 4.78 is 0. The largest absolute Gasteiger partial charge is 0.256 e. The molecule has 54 heavy (non-hydrogen) atoms. The van der Waals surface area contributed by atoms with Gasteiger partial charge < -0.3 is 0 Å². The lowest BCUT2D eigenvalue weighted by Crippen LogP contribution is -2.00. The number of nitrogens with zero attached hydrogens (tertiary/aromatic N) is 5. The number of fused-ring (bicyclic) bond motifs is 4. The van der Waals surface area contributed by atoms with Crippen molar-refractivity contribution in [2.24, 2.45) is 0 Å². The van der Waals surface area contributed by atoms with E-state index in [-0.39, 0.29) is 0 Å². The van der Waals surface area contributed by atoms with Gasteiger partial charge in [-0.05, 0) is 29.0 Å². The van der Waals surface area contributed by atoms with Gasteiger partial charge >= 0.3 is 0 Å². The van der Waals surface area contributed by atoms with Crippen LogP contribution in [0.3, 0.4) is 0 Å². The first-order chi connectivity index (χ1) is 26.8. The predicted octanol–water partition coefficient (Wildman–Crippen LogP) is 12.1. The van der Waals surface area contributed by atoms with Gasteiger partial charge in [-0.15, -0.1) is 0 Å². The maximum Gasteiger partial charge on any atom is 0.160 e. The molecule has 0 aliphatic heterocycles. The Kier molecular flexibility index (Phi) is 7.73. The first kappa shape index (κ1) is 31.4. The molecule has 0 saturated carbocycles. The summed E-state index contributed by atoms with van der Waals surface area (Å²) in [6.45, 7) is 0. The Morgan fingerprint density at radius 3 is 1.20 bits per heavy atom. The molecule has 5 nitrogen and oxygen atoms in total. The van der Waals surface area contributed by atoms with Gasteiger partial charge in [-0.3, -0.25) is 4.98 Å². The number of benzene rings is 7. The Hall–Kier alpha value is -7.37. The third-order valence-electron chi connectivity index (χ3n) is 9.93. The number of para-hydroxylation sites is 1. The summed E-state index contributed by atoms with van der Waals surface area (Å²) in [5, 5.41) is 5.20. The lowest BCUT2D eigenvalue weighted by Gasteiger charge is -2.19. The molecule has 252 valence electrons. The van der Waals surface area contributed by atoms with E-state index in [1.54, 1.807) is 0 Å². The van der Waals surface area contributed by atoms with Crippen molar-refractivity contribution >= 4 is 32.4 Å². The summed E-state index contributed by atoms with van der Waals surface area (Å²) in [6, 6.07) is 62.2. The fourth-order valence-electron chi connectivity index (χ4n) is 7.44. The van der Waals surface area contributed by atoms with E-state index in [9.17, 15) is 0 Å². The van der Waals surface area contributed by atoms with Gasteiger partial charge in [0, 0.05) is 55.7 Å². The average Bonchev–Trinajstić information content (AvgIpc) is 3.26. The number of pyridine rings is 1. The number of aromatic nitrogens is 5. The van der Waals surface area contributed by atoms with E-state index < -0.39 is 0 Å². The highest BCUT2D eigenvalue weighted by atomic mass is 14.9. The third kappa shape index (κ3) is 5.56. The minimum atomic E-state index is 0.665. The smallest absolute Gasteiger partial charge is 0.160 e. The van der Waals surface area contributed by atoms with Crippen LogP contribution in [0.2, 0.25) is 0 Å². The SMILES string of the molecule is c1ccc(-c2cc(-c3c4ccccc4c(-c4cc(-c5ccccc5)nc(-c5ccccc5)n4)c4c3cnc3ccccc34)nc(-c3ccccc3)n2)cc1. The molecule has 0 atom stereocenters. The van der Waals surface area contributed by atoms with Gasteiger partial charge in [-0.1, -0.05) is 164 Å². The summed E-state index contributed by atoms with van der Waals surface area (Å²) in [5.74, 6) is 1.33. The Morgan fingerprint density at radius 1 is 0.296 bits per heavy atom. The Morgan fingerprint density at radius 2 is 0.685 bits per heavy atom. The molecular formula is C49H31N5. The van der Waals surface area contributed by atoms with Crippen LogP contribution in [0.5, 0.6) is 0 Å². The molecule has 0 bridgehead atoms. The number of hydrogen-bond donors (Lipinski definition) is 0. The summed E-state index contributed by atoms with van der Waals surface area (Å²) in [7, 11) is 0. The molecule has 0 N–H and O–H groups in total. The van der Waals surface area contributed by atoms with E-state index in [1.165, 1.54) is 0 Å². The summed E-state index contributed by atoms with van der Waals surface area (Å²) >= 11 is 0. The highest BCUT2D eigenvalue weighted by Crippen LogP contribution is 2.46. The van der Waals surface area contributed by atoms with Gasteiger partial charge in [0.15, 0.2) is 11.6 Å². The fourth-order valence-corrected chi connectivity index (χ4v) is 7.44. The lowest BCUT2D eigenvalue weighted by molar-refractivity contribution is 1.18. The van der Waals surface area contributed by atoms with Crippen molar-refractivity contribution in [1.29, 1.82) is 0 Å². The molecule has 0 aliphatic carbocycles. The maximum atomic E-state index is 5.36. The Balaban J connectivity index is 1.34. The zero-order valence-electron chi connectivity index (χ0n) is 29.1. The molecule has 10 aromatic rings. The maximum absolute atomic E-state index is 5.36. The van der Waals surface area contributed by atoms with Crippen molar-refractivity contribution in [1.82, 2.24) is 24.9 Å². The minimum Gasteiger partial charge on any atom is -0.256 e. The zero-order chi connectivity index (χ0) is 35.8. The molecule has 3 heterocycles. The molecule has 0 fully saturated rings. The molecule has 5 heteroatoms. The third-order valence-corrected chi connectivity index (χ3v) is 9.93. The number of rotatable bonds is 6. The van der Waals surface area contributed by atoms with Crippen molar-refractivity contribution in [2.45, 2.75) is 0 Å². The fraction of sp³-hybridized carbons (Fsp3) is 0. The normalized spacial score (nSPS) is 11.3. The molecule has 0 radical (unpaired) electrons. The van der Waals surface area contributed by atoms with E-state index >= 15 is 0 Å². The molecule has 0 saturated heterocycles. The predicted molar refractivity (Wildman–Crippen MR) is 221 cm³/mol. The molecule has 0 amide bonds. The van der Waals surface area contributed by atoms with Crippen LogP contribution in [-0.4, -0.2) is 24.9 Å². The molecule has 3 aromatic heterocycles. The summed E-state index contributed by atoms with van der Waals surface area (Å²) in [5.41, 5.74) is 10.3. The van der Waals surface area contributed by atoms with Crippen LogP contribution in [0.1, 0.15) is 0 Å². The van der Waals surface area contributed by atoms with E-state index in [0.717, 1.165) is 88.6 Å². The van der Waals surface area contributed by atoms with Crippen molar-refractivity contribution in [2.75, 3.05) is 0 Å². The standard InChI is InChI=1S/C49H31N5/c1-5-17-32(18-6-1)41-29-43(53-48(51-41)34-21-9-3-10-22-34)45-36-25-13-14-26-37(36)47(46-38-27-15-16-28-40(38)50-31-39(45)46)44-30-42(33-19-7-2-8-20-33)52-49(54-44)35-23-11-4-12-24-35/h1-31H. The van der Waals surface area contributed by atoms with Gasteiger partial charge in [0.25, 0.3) is 0 Å². The Bertz CT molecular complexity index is 2850. The highest BCUT2D eigenvalue weighted by Gasteiger charge is 2.23. The van der Waals surface area contributed by atoms with Gasteiger partial charge in [0.2, 0.25) is 0 Å². The minimum absolute atomic E-state index is 0.665. The van der Waals surface area contributed by atoms with Crippen LogP contribution >= 0.6 is 0 Å². The number of hydrogen-bond acceptors (Lipinski definition) is 5. The first-order valence-corrected chi connectivity index (χ1v) is 18.0. The van der Waals surface area contributed by atoms with Gasteiger partial charge in [-0.2, -0.15) is 0 Å². The van der Waals surface area contributed by atoms with E-state index in [2.05, 4.69) is 103 Å². The first-order valence-electron chi connectivity index (χ1n) is 18.0. The van der Waals surface area contributed by atoms with Crippen LogP contribution in [0, 0.1) is 0 Å². The summed E-state index contributed by atoms with van der Waals surface area (Å²) in [6.07, 6.45) is 2.01. The quantitative estimate of drug-likeness (QED) is 0.128. The average molecular weight is 690 g/mol. The summed E-state index contributed by atoms with van der Waals surface area (Å²) in [4.78, 5) is 26.0. The van der Waals surface area contributed by atoms with E-state index in [4.69, 9.17) is 24.9 Å². The molecular weight excluding hydrogens is 659 g/mol. The molecule has 0 unspecified atom stereocenters. The lowest BCUT2D eigenvalue weighted by atomic mass is 9.87. The topological polar surface area (TPSA) is 64.5 Å². The van der Waals surface area contributed by atoms with Crippen molar-refractivity contribution in [3.05, 3.63) is 188 Å². The van der Waals surface area contributed by atoms with Crippen LogP contribution in [0.4, 0.5) is 0 Å². The molecule has 0 aliphatic rings. The second kappa shape index (κ2) is 13.3. The second-order valence-electron chi connectivity index (χ2n) is 13.2. The Labute approximate surface area is 312 Å².